The van der Waals surface area contributed by atoms with Crippen molar-refractivity contribution >= 4 is 11.6 Å². The van der Waals surface area contributed by atoms with Crippen LogP contribution in [0.4, 0.5) is 0 Å². The van der Waals surface area contributed by atoms with Gasteiger partial charge in [-0.3, -0.25) is 9.20 Å². The molecule has 0 aromatic carbocycles. The molecule has 2 aromatic heterocycles. The SMILES string of the molecule is Cc1cc2nnc(CC3NCCNC3=O)n2c(C)n1. The second kappa shape index (κ2) is 4.58. The number of rotatable bonds is 2. The Morgan fingerprint density at radius 1 is 1.37 bits per heavy atom. The zero-order chi connectivity index (χ0) is 13.4. The summed E-state index contributed by atoms with van der Waals surface area (Å²) in [5.74, 6) is 1.61. The highest BCUT2D eigenvalue weighted by Gasteiger charge is 2.24. The Morgan fingerprint density at radius 2 is 2.21 bits per heavy atom. The lowest BCUT2D eigenvalue weighted by Crippen LogP contribution is -2.53. The number of nitrogens with zero attached hydrogens (tertiary/aromatic N) is 4. The number of carbonyl (C=O) groups is 1. The molecule has 7 nitrogen and oxygen atoms in total. The minimum absolute atomic E-state index is 0.0146. The number of aryl methyl sites for hydroxylation is 2. The molecule has 0 radical (unpaired) electrons. The van der Waals surface area contributed by atoms with Crippen molar-refractivity contribution in [2.45, 2.75) is 26.3 Å². The molecule has 1 aliphatic heterocycles. The van der Waals surface area contributed by atoms with Crippen LogP contribution in [0.1, 0.15) is 17.3 Å². The molecule has 1 aliphatic rings. The van der Waals surface area contributed by atoms with Gasteiger partial charge < -0.3 is 10.6 Å². The minimum atomic E-state index is -0.248. The van der Waals surface area contributed by atoms with E-state index in [1.165, 1.54) is 0 Å². The van der Waals surface area contributed by atoms with Crippen molar-refractivity contribution in [1.29, 1.82) is 0 Å². The van der Waals surface area contributed by atoms with Gasteiger partial charge in [0.25, 0.3) is 0 Å². The summed E-state index contributed by atoms with van der Waals surface area (Å²) in [6.07, 6.45) is 0.512. The van der Waals surface area contributed by atoms with Crippen LogP contribution >= 0.6 is 0 Å². The van der Waals surface area contributed by atoms with E-state index in [0.717, 1.165) is 29.5 Å². The number of hydrogen-bond donors (Lipinski definition) is 2. The van der Waals surface area contributed by atoms with Gasteiger partial charge in [0.05, 0.1) is 6.04 Å². The molecular formula is C12H16N6O. The van der Waals surface area contributed by atoms with Crippen molar-refractivity contribution in [2.24, 2.45) is 0 Å². The Labute approximate surface area is 110 Å². The van der Waals surface area contributed by atoms with Crippen LogP contribution in [0.2, 0.25) is 0 Å². The highest BCUT2D eigenvalue weighted by Crippen LogP contribution is 2.10. The van der Waals surface area contributed by atoms with E-state index in [1.54, 1.807) is 0 Å². The number of hydrogen-bond acceptors (Lipinski definition) is 5. The summed E-state index contributed by atoms with van der Waals surface area (Å²) in [5, 5.41) is 14.4. The molecule has 3 heterocycles. The van der Waals surface area contributed by atoms with Crippen molar-refractivity contribution in [3.05, 3.63) is 23.4 Å². The maximum atomic E-state index is 11.7. The molecule has 1 fully saturated rings. The molecule has 0 spiro atoms. The van der Waals surface area contributed by atoms with Gasteiger partial charge >= 0.3 is 0 Å². The van der Waals surface area contributed by atoms with E-state index in [0.29, 0.717) is 13.0 Å². The fourth-order valence-corrected chi connectivity index (χ4v) is 2.43. The first-order chi connectivity index (χ1) is 9.15. The second-order valence-electron chi connectivity index (χ2n) is 4.76. The van der Waals surface area contributed by atoms with Crippen LogP contribution in [-0.2, 0) is 11.2 Å². The van der Waals surface area contributed by atoms with Gasteiger partial charge in [-0.25, -0.2) is 4.98 Å². The van der Waals surface area contributed by atoms with Crippen molar-refractivity contribution in [3.8, 4) is 0 Å². The monoisotopic (exact) mass is 260 g/mol. The van der Waals surface area contributed by atoms with E-state index in [2.05, 4.69) is 25.8 Å². The van der Waals surface area contributed by atoms with Gasteiger partial charge in [0, 0.05) is 31.3 Å². The van der Waals surface area contributed by atoms with E-state index in [1.807, 2.05) is 24.3 Å². The topological polar surface area (TPSA) is 84.2 Å². The normalized spacial score (nSPS) is 19.7. The molecule has 100 valence electrons. The molecule has 0 bridgehead atoms. The summed E-state index contributed by atoms with van der Waals surface area (Å²) < 4.78 is 1.90. The molecule has 2 N–H and O–H groups in total. The average Bonchev–Trinajstić information content (AvgIpc) is 2.75. The van der Waals surface area contributed by atoms with Gasteiger partial charge in [0.15, 0.2) is 5.65 Å². The standard InChI is InChI=1S/C12H16N6O/c1-7-5-10-16-17-11(18(10)8(2)15-7)6-9-12(19)14-4-3-13-9/h5,9,13H,3-4,6H2,1-2H3,(H,14,19). The van der Waals surface area contributed by atoms with E-state index >= 15 is 0 Å². The molecule has 2 aromatic rings. The highest BCUT2D eigenvalue weighted by molar-refractivity contribution is 5.82. The van der Waals surface area contributed by atoms with Crippen molar-refractivity contribution in [1.82, 2.24) is 30.2 Å². The largest absolute Gasteiger partial charge is 0.353 e. The molecule has 7 heteroatoms. The first-order valence-electron chi connectivity index (χ1n) is 6.34. The molecule has 1 saturated heterocycles. The maximum absolute atomic E-state index is 11.7. The smallest absolute Gasteiger partial charge is 0.237 e. The number of carbonyl (C=O) groups excluding carboxylic acids is 1. The molecular weight excluding hydrogens is 244 g/mol. The van der Waals surface area contributed by atoms with Crippen molar-refractivity contribution in [3.63, 3.8) is 0 Å². The van der Waals surface area contributed by atoms with Gasteiger partial charge in [-0.15, -0.1) is 10.2 Å². The molecule has 0 saturated carbocycles. The molecule has 1 atom stereocenters. The van der Waals surface area contributed by atoms with Crippen molar-refractivity contribution < 1.29 is 4.79 Å². The summed E-state index contributed by atoms with van der Waals surface area (Å²) in [4.78, 5) is 16.2. The summed E-state index contributed by atoms with van der Waals surface area (Å²) in [7, 11) is 0. The Bertz CT molecular complexity index is 634. The lowest BCUT2D eigenvalue weighted by atomic mass is 10.1. The van der Waals surface area contributed by atoms with E-state index in [-0.39, 0.29) is 11.9 Å². The third-order valence-electron chi connectivity index (χ3n) is 3.27. The summed E-state index contributed by atoms with van der Waals surface area (Å²) in [6.45, 7) is 5.30. The zero-order valence-electron chi connectivity index (χ0n) is 11.0. The van der Waals surface area contributed by atoms with Crippen LogP contribution in [0.15, 0.2) is 6.07 Å². The Morgan fingerprint density at radius 3 is 3.00 bits per heavy atom. The summed E-state index contributed by atoms with van der Waals surface area (Å²) in [6, 6.07) is 1.64. The van der Waals surface area contributed by atoms with E-state index in [9.17, 15) is 4.79 Å². The third-order valence-corrected chi connectivity index (χ3v) is 3.27. The fraction of sp³-hybridized carbons (Fsp3) is 0.500. The van der Waals surface area contributed by atoms with Gasteiger partial charge in [-0.05, 0) is 13.8 Å². The van der Waals surface area contributed by atoms with Crippen LogP contribution in [-0.4, -0.2) is 44.6 Å². The van der Waals surface area contributed by atoms with Gasteiger partial charge in [0.1, 0.15) is 11.6 Å². The zero-order valence-corrected chi connectivity index (χ0v) is 11.0. The lowest BCUT2D eigenvalue weighted by molar-refractivity contribution is -0.124. The molecule has 19 heavy (non-hydrogen) atoms. The molecule has 1 amide bonds. The molecule has 1 unspecified atom stereocenters. The van der Waals surface area contributed by atoms with Crippen LogP contribution in [0.5, 0.6) is 0 Å². The van der Waals surface area contributed by atoms with E-state index < -0.39 is 0 Å². The predicted octanol–water partition coefficient (Wildman–Crippen LogP) is -0.628. The average molecular weight is 260 g/mol. The predicted molar refractivity (Wildman–Crippen MR) is 68.8 cm³/mol. The summed E-state index contributed by atoms with van der Waals surface area (Å²) in [5.41, 5.74) is 1.69. The summed E-state index contributed by atoms with van der Waals surface area (Å²) >= 11 is 0. The second-order valence-corrected chi connectivity index (χ2v) is 4.76. The first-order valence-corrected chi connectivity index (χ1v) is 6.34. The molecule has 0 aliphatic carbocycles. The minimum Gasteiger partial charge on any atom is -0.353 e. The maximum Gasteiger partial charge on any atom is 0.237 e. The Kier molecular flexibility index (Phi) is 2.90. The third kappa shape index (κ3) is 2.17. The number of aromatic nitrogens is 4. The van der Waals surface area contributed by atoms with E-state index in [4.69, 9.17) is 0 Å². The first kappa shape index (κ1) is 12.0. The highest BCUT2D eigenvalue weighted by atomic mass is 16.2. The fourth-order valence-electron chi connectivity index (χ4n) is 2.43. The van der Waals surface area contributed by atoms with Crippen LogP contribution in [0, 0.1) is 13.8 Å². The Balaban J connectivity index is 1.95. The van der Waals surface area contributed by atoms with Crippen LogP contribution < -0.4 is 10.6 Å². The van der Waals surface area contributed by atoms with Crippen LogP contribution in [0.3, 0.4) is 0 Å². The number of piperazine rings is 1. The van der Waals surface area contributed by atoms with Crippen LogP contribution in [0.25, 0.3) is 5.65 Å². The molecule has 3 rings (SSSR count). The number of amides is 1. The Hall–Kier alpha value is -2.02. The quantitative estimate of drug-likeness (QED) is 0.751. The van der Waals surface area contributed by atoms with Gasteiger partial charge in [-0.2, -0.15) is 0 Å². The van der Waals surface area contributed by atoms with Gasteiger partial charge in [0.2, 0.25) is 5.91 Å². The van der Waals surface area contributed by atoms with Gasteiger partial charge in [-0.1, -0.05) is 0 Å². The number of fused-ring (bicyclic) bond motifs is 1. The number of nitrogens with one attached hydrogen (secondary N) is 2. The van der Waals surface area contributed by atoms with Crippen molar-refractivity contribution in [2.75, 3.05) is 13.1 Å². The lowest BCUT2D eigenvalue weighted by Gasteiger charge is -2.22.